The first-order chi connectivity index (χ1) is 10.1. The third-order valence-electron chi connectivity index (χ3n) is 3.96. The van der Waals surface area contributed by atoms with Gasteiger partial charge in [0.15, 0.2) is 5.82 Å². The van der Waals surface area contributed by atoms with Gasteiger partial charge in [-0.1, -0.05) is 24.3 Å². The number of nitrogens with one attached hydrogen (secondary N) is 1. The zero-order chi connectivity index (χ0) is 15.0. The van der Waals surface area contributed by atoms with E-state index in [2.05, 4.69) is 39.7 Å². The number of aryl methyl sites for hydroxylation is 3. The normalized spacial score (nSPS) is 11.0. The summed E-state index contributed by atoms with van der Waals surface area (Å²) in [6.07, 6.45) is 0. The summed E-state index contributed by atoms with van der Waals surface area (Å²) in [4.78, 5) is 0. The molecule has 0 aliphatic carbocycles. The molecular formula is C16H19N5. The highest BCUT2D eigenvalue weighted by atomic mass is 15.3. The zero-order valence-electron chi connectivity index (χ0n) is 12.8. The van der Waals surface area contributed by atoms with Gasteiger partial charge in [-0.2, -0.15) is 10.2 Å². The van der Waals surface area contributed by atoms with E-state index in [1.54, 1.807) is 0 Å². The summed E-state index contributed by atoms with van der Waals surface area (Å²) in [5.41, 5.74) is 4.38. The minimum absolute atomic E-state index is 0.702. The minimum atomic E-state index is 0.702. The number of fused-ring (bicyclic) bond motifs is 1. The number of hydrogen-bond acceptors (Lipinski definition) is 4. The van der Waals surface area contributed by atoms with Gasteiger partial charge in [0, 0.05) is 35.6 Å². The van der Waals surface area contributed by atoms with E-state index in [0.29, 0.717) is 6.54 Å². The van der Waals surface area contributed by atoms with Gasteiger partial charge >= 0.3 is 0 Å². The molecule has 0 spiro atoms. The predicted molar refractivity (Wildman–Crippen MR) is 84.3 cm³/mol. The van der Waals surface area contributed by atoms with E-state index in [9.17, 15) is 0 Å². The molecule has 0 saturated heterocycles. The summed E-state index contributed by atoms with van der Waals surface area (Å²) in [5, 5.41) is 18.6. The van der Waals surface area contributed by atoms with Crippen molar-refractivity contribution in [2.24, 2.45) is 7.05 Å². The number of rotatable bonds is 3. The van der Waals surface area contributed by atoms with E-state index in [0.717, 1.165) is 28.0 Å². The fraction of sp³-hybridized carbons (Fsp3) is 0.312. The third kappa shape index (κ3) is 2.35. The Bertz CT molecular complexity index is 804. The lowest BCUT2D eigenvalue weighted by Crippen LogP contribution is -2.06. The van der Waals surface area contributed by atoms with E-state index in [1.807, 2.05) is 37.7 Å². The van der Waals surface area contributed by atoms with Crippen molar-refractivity contribution in [2.75, 3.05) is 5.32 Å². The molecule has 5 nitrogen and oxygen atoms in total. The molecule has 0 bridgehead atoms. The molecule has 0 fully saturated rings. The van der Waals surface area contributed by atoms with Gasteiger partial charge in [0.2, 0.25) is 0 Å². The SMILES string of the molecule is Cc1nn(C)c(C)c1CNc1nnc(C)c2ccccc12. The highest BCUT2D eigenvalue weighted by molar-refractivity contribution is 5.92. The van der Waals surface area contributed by atoms with Crippen LogP contribution in [-0.4, -0.2) is 20.0 Å². The van der Waals surface area contributed by atoms with Crippen molar-refractivity contribution in [3.63, 3.8) is 0 Å². The number of anilines is 1. The molecule has 0 atom stereocenters. The molecule has 0 radical (unpaired) electrons. The van der Waals surface area contributed by atoms with Gasteiger partial charge in [0.25, 0.3) is 0 Å². The van der Waals surface area contributed by atoms with Gasteiger partial charge < -0.3 is 5.32 Å². The highest BCUT2D eigenvalue weighted by Crippen LogP contribution is 2.23. The molecule has 0 amide bonds. The molecule has 108 valence electrons. The smallest absolute Gasteiger partial charge is 0.156 e. The molecule has 2 aromatic heterocycles. The van der Waals surface area contributed by atoms with Gasteiger partial charge in [-0.25, -0.2) is 0 Å². The van der Waals surface area contributed by atoms with Crippen LogP contribution in [0.2, 0.25) is 0 Å². The Kier molecular flexibility index (Phi) is 3.33. The largest absolute Gasteiger partial charge is 0.364 e. The molecule has 5 heteroatoms. The molecule has 3 aromatic rings. The zero-order valence-corrected chi connectivity index (χ0v) is 12.8. The molecule has 0 unspecified atom stereocenters. The van der Waals surface area contributed by atoms with Crippen LogP contribution in [0.25, 0.3) is 10.8 Å². The molecule has 21 heavy (non-hydrogen) atoms. The molecule has 0 saturated carbocycles. The van der Waals surface area contributed by atoms with Crippen molar-refractivity contribution in [1.29, 1.82) is 0 Å². The molecule has 0 aliphatic heterocycles. The van der Waals surface area contributed by atoms with E-state index in [4.69, 9.17) is 0 Å². The van der Waals surface area contributed by atoms with Crippen LogP contribution in [0.15, 0.2) is 24.3 Å². The van der Waals surface area contributed by atoms with Crippen LogP contribution in [0, 0.1) is 20.8 Å². The van der Waals surface area contributed by atoms with Crippen LogP contribution in [-0.2, 0) is 13.6 Å². The summed E-state index contributed by atoms with van der Waals surface area (Å²) in [7, 11) is 1.97. The van der Waals surface area contributed by atoms with Crippen LogP contribution in [0.1, 0.15) is 22.6 Å². The van der Waals surface area contributed by atoms with Gasteiger partial charge in [0.1, 0.15) is 0 Å². The lowest BCUT2D eigenvalue weighted by molar-refractivity contribution is 0.730. The van der Waals surface area contributed by atoms with Crippen LogP contribution >= 0.6 is 0 Å². The number of benzene rings is 1. The average molecular weight is 281 g/mol. The van der Waals surface area contributed by atoms with E-state index in [-0.39, 0.29) is 0 Å². The van der Waals surface area contributed by atoms with Crippen LogP contribution in [0.5, 0.6) is 0 Å². The lowest BCUT2D eigenvalue weighted by atomic mass is 10.1. The second kappa shape index (κ2) is 5.16. The number of aromatic nitrogens is 4. The Hall–Kier alpha value is -2.43. The Balaban J connectivity index is 1.94. The summed E-state index contributed by atoms with van der Waals surface area (Å²) in [6.45, 7) is 6.79. The first kappa shape index (κ1) is 13.5. The predicted octanol–water partition coefficient (Wildman–Crippen LogP) is 2.90. The Morgan fingerprint density at radius 3 is 2.38 bits per heavy atom. The molecule has 1 N–H and O–H groups in total. The lowest BCUT2D eigenvalue weighted by Gasteiger charge is -2.09. The van der Waals surface area contributed by atoms with Gasteiger partial charge in [-0.05, 0) is 20.8 Å². The Morgan fingerprint density at radius 1 is 1.00 bits per heavy atom. The van der Waals surface area contributed by atoms with Crippen LogP contribution in [0.4, 0.5) is 5.82 Å². The fourth-order valence-electron chi connectivity index (χ4n) is 2.61. The minimum Gasteiger partial charge on any atom is -0.364 e. The maximum Gasteiger partial charge on any atom is 0.156 e. The van der Waals surface area contributed by atoms with Crippen LogP contribution < -0.4 is 5.32 Å². The monoisotopic (exact) mass is 281 g/mol. The maximum absolute atomic E-state index is 4.44. The summed E-state index contributed by atoms with van der Waals surface area (Å²) < 4.78 is 1.91. The first-order valence-electron chi connectivity index (χ1n) is 7.03. The van der Waals surface area contributed by atoms with E-state index < -0.39 is 0 Å². The van der Waals surface area contributed by atoms with E-state index in [1.165, 1.54) is 11.3 Å². The maximum atomic E-state index is 4.44. The Labute approximate surface area is 124 Å². The number of nitrogens with zero attached hydrogens (tertiary/aromatic N) is 4. The molecule has 0 aliphatic rings. The standard InChI is InChI=1S/C16H19N5/c1-10-13-7-5-6-8-14(13)16(19-18-10)17-9-15-11(2)20-21(4)12(15)3/h5-8H,9H2,1-4H3,(H,17,19). The van der Waals surface area contributed by atoms with Crippen molar-refractivity contribution in [3.05, 3.63) is 46.9 Å². The fourth-order valence-corrected chi connectivity index (χ4v) is 2.61. The van der Waals surface area contributed by atoms with Crippen molar-refractivity contribution in [3.8, 4) is 0 Å². The molecule has 3 rings (SSSR count). The summed E-state index contributed by atoms with van der Waals surface area (Å²) in [6, 6.07) is 8.19. The van der Waals surface area contributed by atoms with Crippen LogP contribution in [0.3, 0.4) is 0 Å². The number of hydrogen-bond donors (Lipinski definition) is 1. The quantitative estimate of drug-likeness (QED) is 0.802. The molecular weight excluding hydrogens is 262 g/mol. The Morgan fingerprint density at radius 2 is 1.71 bits per heavy atom. The third-order valence-corrected chi connectivity index (χ3v) is 3.96. The van der Waals surface area contributed by atoms with Gasteiger partial charge in [-0.15, -0.1) is 5.10 Å². The van der Waals surface area contributed by atoms with Crippen molar-refractivity contribution in [2.45, 2.75) is 27.3 Å². The first-order valence-corrected chi connectivity index (χ1v) is 7.03. The second-order valence-corrected chi connectivity index (χ2v) is 5.31. The van der Waals surface area contributed by atoms with Crippen molar-refractivity contribution in [1.82, 2.24) is 20.0 Å². The van der Waals surface area contributed by atoms with E-state index >= 15 is 0 Å². The average Bonchev–Trinajstić information content (AvgIpc) is 2.72. The van der Waals surface area contributed by atoms with Gasteiger partial charge in [-0.3, -0.25) is 4.68 Å². The summed E-state index contributed by atoms with van der Waals surface area (Å²) >= 11 is 0. The topological polar surface area (TPSA) is 55.6 Å². The molecule has 1 aromatic carbocycles. The van der Waals surface area contributed by atoms with Crippen molar-refractivity contribution >= 4 is 16.6 Å². The summed E-state index contributed by atoms with van der Waals surface area (Å²) in [5.74, 6) is 0.818. The highest BCUT2D eigenvalue weighted by Gasteiger charge is 2.11. The van der Waals surface area contributed by atoms with Gasteiger partial charge in [0.05, 0.1) is 11.4 Å². The molecule has 2 heterocycles. The van der Waals surface area contributed by atoms with Crippen molar-refractivity contribution < 1.29 is 0 Å². The second-order valence-electron chi connectivity index (χ2n) is 5.31.